The van der Waals surface area contributed by atoms with E-state index in [2.05, 4.69) is 15.9 Å². The first-order chi connectivity index (χ1) is 8.31. The fraction of sp³-hybridized carbons (Fsp3) is 0.417. The van der Waals surface area contributed by atoms with Crippen molar-refractivity contribution in [3.63, 3.8) is 0 Å². The lowest BCUT2D eigenvalue weighted by molar-refractivity contribution is -0.118. The molecule has 1 aromatic rings. The Morgan fingerprint density at radius 1 is 1.39 bits per heavy atom. The molecule has 0 aliphatic carbocycles. The van der Waals surface area contributed by atoms with Gasteiger partial charge in [0.15, 0.2) is 0 Å². The van der Waals surface area contributed by atoms with Crippen molar-refractivity contribution in [1.82, 2.24) is 0 Å². The summed E-state index contributed by atoms with van der Waals surface area (Å²) in [6, 6.07) is 1.45. The second-order valence-corrected chi connectivity index (χ2v) is 5.26. The molecular weight excluding hydrogens is 306 g/mol. The molecule has 2 unspecified atom stereocenters. The van der Waals surface area contributed by atoms with Gasteiger partial charge in [-0.3, -0.25) is 4.79 Å². The van der Waals surface area contributed by atoms with Crippen LogP contribution < -0.4 is 11.5 Å². The zero-order chi connectivity index (χ0) is 13.9. The number of hydrogen-bond donors (Lipinski definition) is 2. The Bertz CT molecular complexity index is 454. The fourth-order valence-electron chi connectivity index (χ4n) is 1.81. The SMILES string of the molecule is CC(CC(N)=O)CC(N)c1cc(F)c(Br)cc1F. The van der Waals surface area contributed by atoms with Crippen LogP contribution in [-0.2, 0) is 4.79 Å². The number of primary amides is 1. The van der Waals surface area contributed by atoms with Crippen molar-refractivity contribution < 1.29 is 13.6 Å². The summed E-state index contributed by atoms with van der Waals surface area (Å²) < 4.78 is 27.0. The average molecular weight is 321 g/mol. The third kappa shape index (κ3) is 4.03. The molecule has 1 aromatic carbocycles. The van der Waals surface area contributed by atoms with Crippen LogP contribution in [0.25, 0.3) is 0 Å². The Labute approximate surface area is 113 Å². The summed E-state index contributed by atoms with van der Waals surface area (Å²) in [7, 11) is 0. The van der Waals surface area contributed by atoms with Crippen LogP contribution in [0.15, 0.2) is 16.6 Å². The molecule has 0 aromatic heterocycles. The van der Waals surface area contributed by atoms with E-state index in [4.69, 9.17) is 11.5 Å². The summed E-state index contributed by atoms with van der Waals surface area (Å²) in [5.74, 6) is -1.65. The molecule has 0 bridgehead atoms. The van der Waals surface area contributed by atoms with Crippen LogP contribution in [-0.4, -0.2) is 5.91 Å². The van der Waals surface area contributed by atoms with Gasteiger partial charge in [-0.2, -0.15) is 0 Å². The van der Waals surface area contributed by atoms with E-state index in [-0.39, 0.29) is 22.4 Å². The first-order valence-electron chi connectivity index (χ1n) is 5.49. The van der Waals surface area contributed by atoms with E-state index in [0.29, 0.717) is 6.42 Å². The minimum atomic E-state index is -0.665. The van der Waals surface area contributed by atoms with Gasteiger partial charge >= 0.3 is 0 Å². The fourth-order valence-corrected chi connectivity index (χ4v) is 2.12. The van der Waals surface area contributed by atoms with Gasteiger partial charge in [-0.1, -0.05) is 6.92 Å². The molecule has 0 spiro atoms. The molecule has 18 heavy (non-hydrogen) atoms. The lowest BCUT2D eigenvalue weighted by atomic mass is 9.94. The maximum absolute atomic E-state index is 13.6. The highest BCUT2D eigenvalue weighted by Gasteiger charge is 2.18. The normalized spacial score (nSPS) is 14.3. The lowest BCUT2D eigenvalue weighted by Crippen LogP contribution is -2.20. The molecule has 0 aliphatic heterocycles. The molecule has 100 valence electrons. The molecule has 1 amide bonds. The molecule has 6 heteroatoms. The van der Waals surface area contributed by atoms with Gasteiger partial charge in [-0.25, -0.2) is 8.78 Å². The van der Waals surface area contributed by atoms with Crippen molar-refractivity contribution in [1.29, 1.82) is 0 Å². The average Bonchev–Trinajstić information content (AvgIpc) is 2.21. The van der Waals surface area contributed by atoms with E-state index in [1.54, 1.807) is 6.92 Å². The van der Waals surface area contributed by atoms with E-state index in [1.807, 2.05) is 0 Å². The predicted octanol–water partition coefficient (Wildman–Crippen LogP) is 2.63. The van der Waals surface area contributed by atoms with Gasteiger partial charge in [0.1, 0.15) is 11.6 Å². The highest BCUT2D eigenvalue weighted by Crippen LogP contribution is 2.27. The molecule has 2 atom stereocenters. The van der Waals surface area contributed by atoms with Crippen LogP contribution in [0.2, 0.25) is 0 Å². The Hall–Kier alpha value is -1.01. The predicted molar refractivity (Wildman–Crippen MR) is 68.6 cm³/mol. The molecule has 0 saturated carbocycles. The Morgan fingerprint density at radius 2 is 2.00 bits per heavy atom. The molecule has 3 nitrogen and oxygen atoms in total. The Balaban J connectivity index is 2.81. The Kier molecular flexibility index (Phi) is 5.22. The van der Waals surface area contributed by atoms with Crippen molar-refractivity contribution >= 4 is 21.8 Å². The van der Waals surface area contributed by atoms with E-state index < -0.39 is 23.6 Å². The molecule has 4 N–H and O–H groups in total. The number of amides is 1. The largest absolute Gasteiger partial charge is 0.370 e. The third-order valence-electron chi connectivity index (χ3n) is 2.65. The minimum absolute atomic E-state index is 0.0566. The summed E-state index contributed by atoms with van der Waals surface area (Å²) in [6.07, 6.45) is 0.537. The molecule has 0 radical (unpaired) electrons. The summed E-state index contributed by atoms with van der Waals surface area (Å²) in [5.41, 5.74) is 11.0. The number of nitrogens with two attached hydrogens (primary N) is 2. The molecule has 0 heterocycles. The standard InChI is InChI=1S/C12H15BrF2N2O/c1-6(3-12(17)18)2-11(16)7-4-10(15)8(13)5-9(7)14/h4-6,11H,2-3,16H2,1H3,(H2,17,18). The number of carbonyl (C=O) groups excluding carboxylic acids is 1. The minimum Gasteiger partial charge on any atom is -0.370 e. The van der Waals surface area contributed by atoms with Gasteiger partial charge in [-0.15, -0.1) is 0 Å². The van der Waals surface area contributed by atoms with Gasteiger partial charge in [-0.05, 0) is 40.4 Å². The van der Waals surface area contributed by atoms with Crippen LogP contribution in [0, 0.1) is 17.6 Å². The second-order valence-electron chi connectivity index (χ2n) is 4.41. The van der Waals surface area contributed by atoms with E-state index in [0.717, 1.165) is 12.1 Å². The highest BCUT2D eigenvalue weighted by molar-refractivity contribution is 9.10. The van der Waals surface area contributed by atoms with E-state index >= 15 is 0 Å². The van der Waals surface area contributed by atoms with Crippen LogP contribution in [0.3, 0.4) is 0 Å². The maximum atomic E-state index is 13.6. The Morgan fingerprint density at radius 3 is 2.56 bits per heavy atom. The zero-order valence-corrected chi connectivity index (χ0v) is 11.5. The monoisotopic (exact) mass is 320 g/mol. The van der Waals surface area contributed by atoms with Crippen LogP contribution in [0.1, 0.15) is 31.4 Å². The number of benzene rings is 1. The van der Waals surface area contributed by atoms with Crippen molar-refractivity contribution in [3.05, 3.63) is 33.8 Å². The van der Waals surface area contributed by atoms with Gasteiger partial charge in [0.2, 0.25) is 5.91 Å². The first-order valence-corrected chi connectivity index (χ1v) is 6.29. The maximum Gasteiger partial charge on any atom is 0.217 e. The summed E-state index contributed by atoms with van der Waals surface area (Å²) in [5, 5.41) is 0. The second kappa shape index (κ2) is 6.24. The highest BCUT2D eigenvalue weighted by atomic mass is 79.9. The van der Waals surface area contributed by atoms with Crippen LogP contribution in [0.5, 0.6) is 0 Å². The van der Waals surface area contributed by atoms with Crippen LogP contribution in [0.4, 0.5) is 8.78 Å². The van der Waals surface area contributed by atoms with Gasteiger partial charge in [0.05, 0.1) is 4.47 Å². The van der Waals surface area contributed by atoms with E-state index in [9.17, 15) is 13.6 Å². The number of carbonyl (C=O) groups is 1. The van der Waals surface area contributed by atoms with Crippen molar-refractivity contribution in [2.75, 3.05) is 0 Å². The van der Waals surface area contributed by atoms with Gasteiger partial charge in [0, 0.05) is 18.0 Å². The third-order valence-corrected chi connectivity index (χ3v) is 3.25. The van der Waals surface area contributed by atoms with Gasteiger partial charge < -0.3 is 11.5 Å². The molecular formula is C12H15BrF2N2O. The molecule has 0 aliphatic rings. The van der Waals surface area contributed by atoms with Crippen molar-refractivity contribution in [2.24, 2.45) is 17.4 Å². The summed E-state index contributed by atoms with van der Waals surface area (Å²) in [4.78, 5) is 10.7. The van der Waals surface area contributed by atoms with E-state index in [1.165, 1.54) is 0 Å². The van der Waals surface area contributed by atoms with Crippen molar-refractivity contribution in [3.8, 4) is 0 Å². The molecule has 1 rings (SSSR count). The summed E-state index contributed by atoms with van der Waals surface area (Å²) >= 11 is 2.90. The quantitative estimate of drug-likeness (QED) is 0.819. The zero-order valence-electron chi connectivity index (χ0n) is 9.92. The first kappa shape index (κ1) is 15.0. The number of hydrogen-bond acceptors (Lipinski definition) is 2. The topological polar surface area (TPSA) is 69.1 Å². The lowest BCUT2D eigenvalue weighted by Gasteiger charge is -2.17. The smallest absolute Gasteiger partial charge is 0.217 e. The molecule has 0 fully saturated rings. The number of rotatable bonds is 5. The van der Waals surface area contributed by atoms with Gasteiger partial charge in [0.25, 0.3) is 0 Å². The van der Waals surface area contributed by atoms with Crippen molar-refractivity contribution in [2.45, 2.75) is 25.8 Å². The summed E-state index contributed by atoms with van der Waals surface area (Å²) in [6.45, 7) is 1.79. The van der Waals surface area contributed by atoms with Crippen LogP contribution >= 0.6 is 15.9 Å². The number of halogens is 3. The molecule has 0 saturated heterocycles.